The molecule has 0 aromatic carbocycles. The first-order valence-electron chi connectivity index (χ1n) is 0. The van der Waals surface area contributed by atoms with E-state index in [1.165, 1.54) is 0 Å². The van der Waals surface area contributed by atoms with Gasteiger partial charge in [0.05, 0.1) is 0 Å². The first kappa shape index (κ1) is 242. The Kier molecular flexibility index (Phi) is 5500. The van der Waals surface area contributed by atoms with E-state index in [4.69, 9.17) is 0 Å². The molecule has 0 bridgehead atoms. The van der Waals surface area contributed by atoms with E-state index in [9.17, 15) is 0 Å². The fourth-order valence-electron chi connectivity index (χ4n) is 0. The predicted octanol–water partition coefficient (Wildman–Crippen LogP) is -0.599. The van der Waals surface area contributed by atoms with Crippen LogP contribution in [-0.4, -0.2) is 0 Å². The molecule has 0 aliphatic carbocycles. The van der Waals surface area contributed by atoms with Crippen molar-refractivity contribution in [2.75, 3.05) is 0 Å². The van der Waals surface area contributed by atoms with Gasteiger partial charge in [0.15, 0.2) is 0 Å². The second-order valence-corrected chi connectivity index (χ2v) is 0. The van der Waals surface area contributed by atoms with Crippen LogP contribution in [0.5, 0.6) is 0 Å². The molecule has 0 aliphatic rings. The number of hydrogen-bond donors (Lipinski definition) is 0. The molecule has 0 heterocycles. The maximum atomic E-state index is 0. The van der Waals surface area contributed by atoms with Crippen LogP contribution >= 0.6 is 0 Å². The van der Waals surface area contributed by atoms with E-state index in [1.54, 1.807) is 0 Å². The molecule has 0 saturated carbocycles. The van der Waals surface area contributed by atoms with Crippen molar-refractivity contribution < 1.29 is 74.6 Å². The zero-order valence-electron chi connectivity index (χ0n) is 2.95. The SMILES string of the molecule is [Mo].[O-2].[O-2].[O-2].[O-2].[O-2].[Zr+4]. The van der Waals surface area contributed by atoms with E-state index in [0.29, 0.717) is 0 Å². The Morgan fingerprint density at radius 1 is 0.429 bits per heavy atom. The molecule has 7 heteroatoms. The summed E-state index contributed by atoms with van der Waals surface area (Å²) in [7, 11) is 0. The normalized spacial score (nSPS) is 0. The summed E-state index contributed by atoms with van der Waals surface area (Å²) in [6, 6.07) is 0. The summed E-state index contributed by atoms with van der Waals surface area (Å²) in [6.45, 7) is 0. The van der Waals surface area contributed by atoms with Gasteiger partial charge < -0.3 is 27.4 Å². The quantitative estimate of drug-likeness (QED) is 0.516. The van der Waals surface area contributed by atoms with E-state index in [1.807, 2.05) is 0 Å². The fourth-order valence-corrected chi connectivity index (χ4v) is 0. The molecule has 7 heavy (non-hydrogen) atoms. The second kappa shape index (κ2) is 159. The molecule has 0 fully saturated rings. The minimum atomic E-state index is 0. The van der Waals surface area contributed by atoms with E-state index < -0.39 is 0 Å². The summed E-state index contributed by atoms with van der Waals surface area (Å²) in [5.74, 6) is 0. The smallest absolute Gasteiger partial charge is 2.00 e. The molecule has 0 spiro atoms. The Morgan fingerprint density at radius 3 is 0.429 bits per heavy atom. The van der Waals surface area contributed by atoms with Gasteiger partial charge in [0, 0.05) is 21.1 Å². The average Bonchev–Trinajstić information content (AvgIpc) is 0. The minimum absolute atomic E-state index is 0. The molecule has 0 aromatic heterocycles. The van der Waals surface area contributed by atoms with Crippen LogP contribution in [0.4, 0.5) is 0 Å². The Balaban J connectivity index is 0. The van der Waals surface area contributed by atoms with Crippen molar-refractivity contribution in [2.45, 2.75) is 0 Å². The Morgan fingerprint density at radius 2 is 0.429 bits per heavy atom. The monoisotopic (exact) mass is 268 g/mol. The maximum absolute atomic E-state index is 0. The van der Waals surface area contributed by atoms with Gasteiger partial charge in [-0.25, -0.2) is 0 Å². The predicted molar refractivity (Wildman–Crippen MR) is 3.43 cm³/mol. The topological polar surface area (TPSA) is 142 Å². The summed E-state index contributed by atoms with van der Waals surface area (Å²) in [6.07, 6.45) is 0. The van der Waals surface area contributed by atoms with Gasteiger partial charge in [-0.15, -0.1) is 0 Å². The van der Waals surface area contributed by atoms with Gasteiger partial charge >= 0.3 is 26.2 Å². The molecular weight excluding hydrogens is 267 g/mol. The molecule has 0 atom stereocenters. The van der Waals surface area contributed by atoms with Crippen molar-refractivity contribution in [3.05, 3.63) is 0 Å². The molecule has 0 amide bonds. The fraction of sp³-hybridized carbons (Fsp3) is 0. The average molecular weight is 267 g/mol. The Bertz CT molecular complexity index is 8.04. The van der Waals surface area contributed by atoms with Crippen LogP contribution in [-0.2, 0) is 74.6 Å². The van der Waals surface area contributed by atoms with Crippen molar-refractivity contribution in [1.82, 2.24) is 0 Å². The number of hydrogen-bond acceptors (Lipinski definition) is 0. The van der Waals surface area contributed by atoms with Crippen LogP contribution < -0.4 is 0 Å². The Hall–Kier alpha value is 1.37. The molecular formula is MoO5Zr-6. The summed E-state index contributed by atoms with van der Waals surface area (Å²) >= 11 is 0. The first-order valence-corrected chi connectivity index (χ1v) is 0. The molecule has 0 radical (unpaired) electrons. The van der Waals surface area contributed by atoms with Gasteiger partial charge in [-0.3, -0.25) is 0 Å². The second-order valence-electron chi connectivity index (χ2n) is 0. The van der Waals surface area contributed by atoms with Crippen molar-refractivity contribution in [3.63, 3.8) is 0 Å². The van der Waals surface area contributed by atoms with E-state index in [0.717, 1.165) is 0 Å². The summed E-state index contributed by atoms with van der Waals surface area (Å²) in [4.78, 5) is 0. The molecule has 0 aromatic rings. The van der Waals surface area contributed by atoms with Crippen LogP contribution in [0, 0.1) is 0 Å². The summed E-state index contributed by atoms with van der Waals surface area (Å²) in [5, 5.41) is 0. The molecule has 0 N–H and O–H groups in total. The molecule has 0 aliphatic heterocycles. The van der Waals surface area contributed by atoms with Crippen LogP contribution in [0.25, 0.3) is 0 Å². The van der Waals surface area contributed by atoms with Gasteiger partial charge in [0.25, 0.3) is 0 Å². The minimum Gasteiger partial charge on any atom is -2.00 e. The van der Waals surface area contributed by atoms with Crippen molar-refractivity contribution >= 4 is 0 Å². The molecule has 46 valence electrons. The third kappa shape index (κ3) is 113. The number of rotatable bonds is 0. The van der Waals surface area contributed by atoms with Gasteiger partial charge in [-0.2, -0.15) is 0 Å². The van der Waals surface area contributed by atoms with E-state index in [2.05, 4.69) is 0 Å². The van der Waals surface area contributed by atoms with Crippen molar-refractivity contribution in [3.8, 4) is 0 Å². The largest absolute Gasteiger partial charge is 4.00 e. The molecule has 0 unspecified atom stereocenters. The van der Waals surface area contributed by atoms with Gasteiger partial charge in [-0.05, 0) is 0 Å². The molecule has 0 rings (SSSR count). The maximum Gasteiger partial charge on any atom is 4.00 e. The van der Waals surface area contributed by atoms with Crippen LogP contribution in [0.15, 0.2) is 0 Å². The molecule has 5 nitrogen and oxygen atoms in total. The third-order valence-electron chi connectivity index (χ3n) is 0. The molecule has 0 saturated heterocycles. The first-order chi connectivity index (χ1) is 0. The van der Waals surface area contributed by atoms with Gasteiger partial charge in [-0.1, -0.05) is 0 Å². The zero-order valence-corrected chi connectivity index (χ0v) is 7.41. The third-order valence-corrected chi connectivity index (χ3v) is 0. The van der Waals surface area contributed by atoms with E-state index in [-0.39, 0.29) is 74.6 Å². The summed E-state index contributed by atoms with van der Waals surface area (Å²) < 4.78 is 0. The van der Waals surface area contributed by atoms with Gasteiger partial charge in [0.1, 0.15) is 0 Å². The van der Waals surface area contributed by atoms with Crippen molar-refractivity contribution in [2.24, 2.45) is 0 Å². The Labute approximate surface area is 74.4 Å². The van der Waals surface area contributed by atoms with Crippen LogP contribution in [0.1, 0.15) is 0 Å². The zero-order chi connectivity index (χ0) is 0. The van der Waals surface area contributed by atoms with Crippen LogP contribution in [0.3, 0.4) is 0 Å². The summed E-state index contributed by atoms with van der Waals surface area (Å²) in [5.41, 5.74) is 0. The van der Waals surface area contributed by atoms with Gasteiger partial charge in [0.2, 0.25) is 0 Å². The van der Waals surface area contributed by atoms with Crippen molar-refractivity contribution in [1.29, 1.82) is 0 Å². The van der Waals surface area contributed by atoms with E-state index >= 15 is 0 Å². The van der Waals surface area contributed by atoms with Crippen LogP contribution in [0.2, 0.25) is 0 Å². The standard InChI is InChI=1S/Mo.5O.Zr/q;5*-2;+4.